The number of benzene rings is 2. The standard InChI is InChI=1S/C19H15NO4/c1-11(21)24-17-13-7-3-2-6-12(13)10-16(17)20-18(22)14-8-4-5-9-15(14)19(20)23/h2-9,16-17H,10H2,1H3/t16-,17-/m1/s1. The lowest BCUT2D eigenvalue weighted by atomic mass is 10.1. The van der Waals surface area contributed by atoms with Gasteiger partial charge in [-0.1, -0.05) is 36.4 Å². The third-order valence-electron chi connectivity index (χ3n) is 4.59. The van der Waals surface area contributed by atoms with Crippen LogP contribution in [0.25, 0.3) is 0 Å². The zero-order valence-electron chi connectivity index (χ0n) is 13.1. The van der Waals surface area contributed by atoms with E-state index in [2.05, 4.69) is 0 Å². The number of hydrogen-bond donors (Lipinski definition) is 0. The minimum Gasteiger partial charge on any atom is -0.455 e. The Morgan fingerprint density at radius 2 is 1.58 bits per heavy atom. The number of rotatable bonds is 2. The molecule has 2 amide bonds. The van der Waals surface area contributed by atoms with Gasteiger partial charge >= 0.3 is 5.97 Å². The van der Waals surface area contributed by atoms with Gasteiger partial charge in [-0.3, -0.25) is 19.3 Å². The van der Waals surface area contributed by atoms with Gasteiger partial charge in [-0.2, -0.15) is 0 Å². The number of carbonyl (C=O) groups is 3. The van der Waals surface area contributed by atoms with E-state index in [1.807, 2.05) is 24.3 Å². The zero-order chi connectivity index (χ0) is 16.8. The molecule has 0 unspecified atom stereocenters. The van der Waals surface area contributed by atoms with Crippen LogP contribution < -0.4 is 0 Å². The Hall–Kier alpha value is -2.95. The van der Waals surface area contributed by atoms with E-state index in [4.69, 9.17) is 4.74 Å². The molecule has 0 spiro atoms. The first-order valence-electron chi connectivity index (χ1n) is 7.80. The molecule has 0 N–H and O–H groups in total. The first-order valence-corrected chi connectivity index (χ1v) is 7.80. The van der Waals surface area contributed by atoms with Gasteiger partial charge in [0.1, 0.15) is 6.10 Å². The van der Waals surface area contributed by atoms with Crippen molar-refractivity contribution in [2.24, 2.45) is 0 Å². The molecule has 1 aliphatic heterocycles. The van der Waals surface area contributed by atoms with Crippen molar-refractivity contribution in [3.05, 3.63) is 70.8 Å². The molecule has 5 nitrogen and oxygen atoms in total. The normalized spacial score (nSPS) is 21.6. The molecule has 2 aromatic carbocycles. The van der Waals surface area contributed by atoms with Crippen LogP contribution in [0.15, 0.2) is 48.5 Å². The van der Waals surface area contributed by atoms with Gasteiger partial charge in [0, 0.05) is 6.92 Å². The van der Waals surface area contributed by atoms with Crippen molar-refractivity contribution in [2.45, 2.75) is 25.5 Å². The number of nitrogens with zero attached hydrogens (tertiary/aromatic N) is 1. The van der Waals surface area contributed by atoms with Crippen LogP contribution >= 0.6 is 0 Å². The van der Waals surface area contributed by atoms with Crippen molar-refractivity contribution in [1.29, 1.82) is 0 Å². The first-order chi connectivity index (χ1) is 11.6. The molecule has 0 radical (unpaired) electrons. The van der Waals surface area contributed by atoms with E-state index in [0.717, 1.165) is 11.1 Å². The van der Waals surface area contributed by atoms with Gasteiger partial charge in [-0.05, 0) is 29.7 Å². The van der Waals surface area contributed by atoms with Crippen LogP contribution in [0.3, 0.4) is 0 Å². The topological polar surface area (TPSA) is 63.7 Å². The highest BCUT2D eigenvalue weighted by atomic mass is 16.5. The Morgan fingerprint density at radius 3 is 2.21 bits per heavy atom. The number of imide groups is 1. The third kappa shape index (κ3) is 2.05. The van der Waals surface area contributed by atoms with Crippen LogP contribution in [0.1, 0.15) is 44.9 Å². The summed E-state index contributed by atoms with van der Waals surface area (Å²) in [6.45, 7) is 1.33. The third-order valence-corrected chi connectivity index (χ3v) is 4.59. The highest BCUT2D eigenvalue weighted by Crippen LogP contribution is 2.40. The van der Waals surface area contributed by atoms with Crippen LogP contribution in [-0.2, 0) is 16.0 Å². The van der Waals surface area contributed by atoms with Gasteiger partial charge < -0.3 is 4.74 Å². The summed E-state index contributed by atoms with van der Waals surface area (Å²) < 4.78 is 5.47. The molecule has 1 aliphatic carbocycles. The highest BCUT2D eigenvalue weighted by molar-refractivity contribution is 6.21. The fourth-order valence-electron chi connectivity index (χ4n) is 3.59. The molecule has 0 saturated carbocycles. The number of hydrogen-bond acceptors (Lipinski definition) is 4. The predicted octanol–water partition coefficient (Wildman–Crippen LogP) is 2.51. The molecular weight excluding hydrogens is 306 g/mol. The summed E-state index contributed by atoms with van der Waals surface area (Å²) in [7, 11) is 0. The molecule has 0 bridgehead atoms. The van der Waals surface area contributed by atoms with E-state index < -0.39 is 18.1 Å². The van der Waals surface area contributed by atoms with E-state index in [1.54, 1.807) is 24.3 Å². The molecule has 24 heavy (non-hydrogen) atoms. The minimum absolute atomic E-state index is 0.328. The van der Waals surface area contributed by atoms with E-state index >= 15 is 0 Å². The summed E-state index contributed by atoms with van der Waals surface area (Å²) in [5.41, 5.74) is 2.65. The Labute approximate surface area is 138 Å². The summed E-state index contributed by atoms with van der Waals surface area (Å²) in [6, 6.07) is 13.8. The van der Waals surface area contributed by atoms with Gasteiger partial charge in [-0.15, -0.1) is 0 Å². The quantitative estimate of drug-likeness (QED) is 0.630. The molecule has 0 saturated heterocycles. The van der Waals surface area contributed by atoms with Crippen molar-refractivity contribution < 1.29 is 19.1 Å². The van der Waals surface area contributed by atoms with Crippen LogP contribution in [0.2, 0.25) is 0 Å². The van der Waals surface area contributed by atoms with Gasteiger partial charge in [0.2, 0.25) is 0 Å². The molecule has 0 fully saturated rings. The molecule has 4 rings (SSSR count). The number of esters is 1. The van der Waals surface area contributed by atoms with Crippen molar-refractivity contribution in [2.75, 3.05) is 0 Å². The monoisotopic (exact) mass is 321 g/mol. The molecule has 0 aromatic heterocycles. The maximum absolute atomic E-state index is 12.7. The lowest BCUT2D eigenvalue weighted by Crippen LogP contribution is -2.43. The van der Waals surface area contributed by atoms with Crippen molar-refractivity contribution in [3.63, 3.8) is 0 Å². The van der Waals surface area contributed by atoms with Gasteiger partial charge in [0.05, 0.1) is 17.2 Å². The Morgan fingerprint density at radius 1 is 1.00 bits per heavy atom. The van der Waals surface area contributed by atoms with E-state index in [-0.39, 0.29) is 11.8 Å². The van der Waals surface area contributed by atoms with Crippen molar-refractivity contribution in [1.82, 2.24) is 4.90 Å². The second-order valence-electron chi connectivity index (χ2n) is 6.03. The predicted molar refractivity (Wildman–Crippen MR) is 85.4 cm³/mol. The van der Waals surface area contributed by atoms with E-state index in [9.17, 15) is 14.4 Å². The molecule has 5 heteroatoms. The van der Waals surface area contributed by atoms with Crippen LogP contribution in [0, 0.1) is 0 Å². The smallest absolute Gasteiger partial charge is 0.303 e. The molecule has 2 atom stereocenters. The van der Waals surface area contributed by atoms with Crippen molar-refractivity contribution in [3.8, 4) is 0 Å². The Balaban J connectivity index is 1.76. The van der Waals surface area contributed by atoms with E-state index in [0.29, 0.717) is 17.5 Å². The van der Waals surface area contributed by atoms with Gasteiger partial charge in [0.25, 0.3) is 11.8 Å². The Bertz CT molecular complexity index is 838. The summed E-state index contributed by atoms with van der Waals surface area (Å²) in [6.07, 6.45) is -0.138. The second kappa shape index (κ2) is 5.30. The van der Waals surface area contributed by atoms with Crippen LogP contribution in [0.5, 0.6) is 0 Å². The maximum Gasteiger partial charge on any atom is 0.303 e. The maximum atomic E-state index is 12.7. The zero-order valence-corrected chi connectivity index (χ0v) is 13.1. The minimum atomic E-state index is -0.624. The summed E-state index contributed by atoms with van der Waals surface area (Å²) >= 11 is 0. The number of ether oxygens (including phenoxy) is 1. The van der Waals surface area contributed by atoms with Crippen LogP contribution in [0.4, 0.5) is 0 Å². The number of carbonyl (C=O) groups excluding carboxylic acids is 3. The highest BCUT2D eigenvalue weighted by Gasteiger charge is 2.47. The molecular formula is C19H15NO4. The molecule has 2 aliphatic rings. The Kier molecular flexibility index (Phi) is 3.23. The molecule has 1 heterocycles. The fraction of sp³-hybridized carbons (Fsp3) is 0.211. The average Bonchev–Trinajstić information content (AvgIpc) is 3.04. The SMILES string of the molecule is CC(=O)O[C@@H]1c2ccccc2C[C@H]1N1C(=O)c2ccccc2C1=O. The summed E-state index contributed by atoms with van der Waals surface area (Å²) in [4.78, 5) is 38.3. The molecule has 120 valence electrons. The summed E-state index contributed by atoms with van der Waals surface area (Å²) in [5, 5.41) is 0. The second-order valence-corrected chi connectivity index (χ2v) is 6.03. The molecule has 2 aromatic rings. The van der Waals surface area contributed by atoms with Crippen molar-refractivity contribution >= 4 is 17.8 Å². The lowest BCUT2D eigenvalue weighted by molar-refractivity contribution is -0.148. The van der Waals surface area contributed by atoms with Gasteiger partial charge in [-0.25, -0.2) is 0 Å². The first kappa shape index (κ1) is 14.6. The summed E-state index contributed by atoms with van der Waals surface area (Å²) in [5.74, 6) is -1.09. The van der Waals surface area contributed by atoms with Crippen LogP contribution in [-0.4, -0.2) is 28.7 Å². The largest absolute Gasteiger partial charge is 0.455 e. The fourth-order valence-corrected chi connectivity index (χ4v) is 3.59. The van der Waals surface area contributed by atoms with E-state index in [1.165, 1.54) is 11.8 Å². The lowest BCUT2D eigenvalue weighted by Gasteiger charge is -2.27. The number of amides is 2. The number of fused-ring (bicyclic) bond motifs is 2. The van der Waals surface area contributed by atoms with Gasteiger partial charge in [0.15, 0.2) is 0 Å². The average molecular weight is 321 g/mol.